The third kappa shape index (κ3) is 7.98. The van der Waals surface area contributed by atoms with E-state index in [0.29, 0.717) is 6.04 Å². The molecule has 1 aliphatic rings. The lowest BCUT2D eigenvalue weighted by molar-refractivity contribution is -0.192. The van der Waals surface area contributed by atoms with Crippen molar-refractivity contribution >= 4 is 11.9 Å². The van der Waals surface area contributed by atoms with Gasteiger partial charge >= 0.3 is 12.1 Å². The molecule has 0 aromatic heterocycles. The number of rotatable bonds is 2. The number of halogens is 3. The molecule has 0 atom stereocenters. The van der Waals surface area contributed by atoms with Crippen LogP contribution in [0.5, 0.6) is 0 Å². The van der Waals surface area contributed by atoms with E-state index in [2.05, 4.69) is 5.32 Å². The number of carbonyl (C=O) groups excluding carboxylic acids is 1. The van der Waals surface area contributed by atoms with Gasteiger partial charge in [0, 0.05) is 6.04 Å². The predicted octanol–water partition coefficient (Wildman–Crippen LogP) is 1.81. The van der Waals surface area contributed by atoms with Crippen LogP contribution >= 0.6 is 0 Å². The number of nitrogens with one attached hydrogen (secondary N) is 1. The van der Waals surface area contributed by atoms with Gasteiger partial charge in [-0.05, 0) is 26.7 Å². The number of nitrogens with two attached hydrogens (primary N) is 1. The summed E-state index contributed by atoms with van der Waals surface area (Å²) in [6.07, 6.45) is 0.911. The average Bonchev–Trinajstić information content (AvgIpc) is 2.28. The Kier molecular flexibility index (Phi) is 6.98. The van der Waals surface area contributed by atoms with Crippen LogP contribution in [0, 0.1) is 0 Å². The Balaban J connectivity index is 0.000000441. The van der Waals surface area contributed by atoms with E-state index in [4.69, 9.17) is 15.6 Å². The SMILES string of the molecule is CC(C)(N)C(=O)NC1CCCCC1.O=C(O)C(F)(F)F. The van der Waals surface area contributed by atoms with Crippen LogP contribution < -0.4 is 11.1 Å². The summed E-state index contributed by atoms with van der Waals surface area (Å²) in [5.41, 5.74) is 4.95. The molecule has 0 unspecified atom stereocenters. The van der Waals surface area contributed by atoms with Crippen LogP contribution in [-0.2, 0) is 9.59 Å². The van der Waals surface area contributed by atoms with Crippen molar-refractivity contribution in [1.82, 2.24) is 5.32 Å². The number of amides is 1. The van der Waals surface area contributed by atoms with Gasteiger partial charge in [-0.15, -0.1) is 0 Å². The number of carboxylic acid groups (broad SMARTS) is 1. The Morgan fingerprint density at radius 2 is 1.55 bits per heavy atom. The molecular weight excluding hydrogens is 277 g/mol. The van der Waals surface area contributed by atoms with E-state index in [1.54, 1.807) is 13.8 Å². The molecule has 1 fully saturated rings. The molecule has 5 nitrogen and oxygen atoms in total. The van der Waals surface area contributed by atoms with Gasteiger partial charge in [-0.1, -0.05) is 19.3 Å². The van der Waals surface area contributed by atoms with Crippen molar-refractivity contribution in [1.29, 1.82) is 0 Å². The molecule has 0 aromatic rings. The van der Waals surface area contributed by atoms with Crippen molar-refractivity contribution in [3.05, 3.63) is 0 Å². The first-order valence-electron chi connectivity index (χ1n) is 6.34. The van der Waals surface area contributed by atoms with Gasteiger partial charge in [0.15, 0.2) is 0 Å². The zero-order chi connectivity index (χ0) is 16.0. The molecule has 1 aliphatic carbocycles. The van der Waals surface area contributed by atoms with E-state index in [9.17, 15) is 18.0 Å². The van der Waals surface area contributed by atoms with E-state index in [1.165, 1.54) is 19.3 Å². The van der Waals surface area contributed by atoms with E-state index in [1.807, 2.05) is 0 Å². The Labute approximate surface area is 115 Å². The van der Waals surface area contributed by atoms with Gasteiger partial charge in [0.25, 0.3) is 0 Å². The van der Waals surface area contributed by atoms with Crippen LogP contribution in [0.3, 0.4) is 0 Å². The normalized spacial score (nSPS) is 16.9. The lowest BCUT2D eigenvalue weighted by Crippen LogP contribution is -2.52. The van der Waals surface area contributed by atoms with Gasteiger partial charge in [-0.3, -0.25) is 4.79 Å². The summed E-state index contributed by atoms with van der Waals surface area (Å²) in [5, 5.41) is 10.1. The molecule has 0 aliphatic heterocycles. The van der Waals surface area contributed by atoms with E-state index >= 15 is 0 Å². The number of aliphatic carboxylic acids is 1. The van der Waals surface area contributed by atoms with Crippen molar-refractivity contribution in [3.8, 4) is 0 Å². The van der Waals surface area contributed by atoms with Crippen LogP contribution in [0.4, 0.5) is 13.2 Å². The molecule has 4 N–H and O–H groups in total. The smallest absolute Gasteiger partial charge is 0.475 e. The molecular formula is C12H21F3N2O3. The summed E-state index contributed by atoms with van der Waals surface area (Å²) in [6.45, 7) is 3.48. The van der Waals surface area contributed by atoms with E-state index in [-0.39, 0.29) is 5.91 Å². The Morgan fingerprint density at radius 1 is 1.15 bits per heavy atom. The van der Waals surface area contributed by atoms with Crippen LogP contribution in [-0.4, -0.2) is 34.7 Å². The van der Waals surface area contributed by atoms with Crippen molar-refractivity contribution < 1.29 is 27.9 Å². The fourth-order valence-corrected chi connectivity index (χ4v) is 1.62. The first-order chi connectivity index (χ1) is 8.94. The highest BCUT2D eigenvalue weighted by Gasteiger charge is 2.38. The summed E-state index contributed by atoms with van der Waals surface area (Å²) in [5.74, 6) is -2.79. The Bertz CT molecular complexity index is 332. The van der Waals surface area contributed by atoms with Gasteiger partial charge in [0.2, 0.25) is 5.91 Å². The molecule has 0 aromatic carbocycles. The van der Waals surface area contributed by atoms with Crippen molar-refractivity contribution in [2.75, 3.05) is 0 Å². The highest BCUT2D eigenvalue weighted by Crippen LogP contribution is 2.17. The molecule has 1 saturated carbocycles. The Hall–Kier alpha value is -1.31. The monoisotopic (exact) mass is 298 g/mol. The second kappa shape index (κ2) is 7.47. The standard InChI is InChI=1S/C10H20N2O.C2HF3O2/c1-10(2,11)9(13)12-8-6-4-3-5-7-8;3-2(4,5)1(6)7/h8H,3-7,11H2,1-2H3,(H,12,13);(H,6,7). The van der Waals surface area contributed by atoms with Gasteiger partial charge in [0.05, 0.1) is 5.54 Å². The zero-order valence-electron chi connectivity index (χ0n) is 11.6. The third-order valence-electron chi connectivity index (χ3n) is 2.77. The highest BCUT2D eigenvalue weighted by molar-refractivity contribution is 5.85. The quantitative estimate of drug-likeness (QED) is 0.725. The van der Waals surface area contributed by atoms with Crippen LogP contribution in [0.25, 0.3) is 0 Å². The minimum Gasteiger partial charge on any atom is -0.475 e. The molecule has 20 heavy (non-hydrogen) atoms. The number of alkyl halides is 3. The molecule has 1 rings (SSSR count). The topological polar surface area (TPSA) is 92.4 Å². The van der Waals surface area contributed by atoms with Gasteiger partial charge in [-0.25, -0.2) is 4.79 Å². The number of hydrogen-bond acceptors (Lipinski definition) is 3. The fourth-order valence-electron chi connectivity index (χ4n) is 1.62. The van der Waals surface area contributed by atoms with E-state index < -0.39 is 17.7 Å². The molecule has 118 valence electrons. The molecule has 0 bridgehead atoms. The first-order valence-corrected chi connectivity index (χ1v) is 6.34. The molecule has 8 heteroatoms. The number of hydrogen-bond donors (Lipinski definition) is 3. The maximum atomic E-state index is 11.5. The summed E-state index contributed by atoms with van der Waals surface area (Å²) in [6, 6.07) is 0.365. The minimum atomic E-state index is -5.08. The minimum absolute atomic E-state index is 0.0283. The van der Waals surface area contributed by atoms with Crippen LogP contribution in [0.15, 0.2) is 0 Å². The number of carboxylic acids is 1. The van der Waals surface area contributed by atoms with Crippen LogP contribution in [0.1, 0.15) is 46.0 Å². The van der Waals surface area contributed by atoms with Crippen molar-refractivity contribution in [2.24, 2.45) is 5.73 Å². The summed E-state index contributed by atoms with van der Waals surface area (Å²) in [4.78, 5) is 20.4. The molecule has 0 heterocycles. The highest BCUT2D eigenvalue weighted by atomic mass is 19.4. The van der Waals surface area contributed by atoms with Gasteiger partial charge < -0.3 is 16.2 Å². The summed E-state index contributed by atoms with van der Waals surface area (Å²) in [7, 11) is 0. The summed E-state index contributed by atoms with van der Waals surface area (Å²) < 4.78 is 31.7. The van der Waals surface area contributed by atoms with Crippen molar-refractivity contribution in [2.45, 2.75) is 63.7 Å². The molecule has 0 saturated heterocycles. The Morgan fingerprint density at radius 3 is 1.85 bits per heavy atom. The maximum absolute atomic E-state index is 11.5. The second-order valence-electron chi connectivity index (χ2n) is 5.33. The fraction of sp³-hybridized carbons (Fsp3) is 0.833. The molecule has 0 radical (unpaired) electrons. The third-order valence-corrected chi connectivity index (χ3v) is 2.77. The lowest BCUT2D eigenvalue weighted by atomic mass is 9.94. The zero-order valence-corrected chi connectivity index (χ0v) is 11.6. The lowest BCUT2D eigenvalue weighted by Gasteiger charge is -2.26. The average molecular weight is 298 g/mol. The maximum Gasteiger partial charge on any atom is 0.490 e. The van der Waals surface area contributed by atoms with Gasteiger partial charge in [-0.2, -0.15) is 13.2 Å². The summed E-state index contributed by atoms with van der Waals surface area (Å²) >= 11 is 0. The first kappa shape index (κ1) is 18.7. The second-order valence-corrected chi connectivity index (χ2v) is 5.33. The van der Waals surface area contributed by atoms with Gasteiger partial charge in [0.1, 0.15) is 0 Å². The largest absolute Gasteiger partial charge is 0.490 e. The van der Waals surface area contributed by atoms with Crippen LogP contribution in [0.2, 0.25) is 0 Å². The molecule has 0 spiro atoms. The number of carbonyl (C=O) groups is 2. The van der Waals surface area contributed by atoms with E-state index in [0.717, 1.165) is 12.8 Å². The predicted molar refractivity (Wildman–Crippen MR) is 67.0 cm³/mol. The molecule has 1 amide bonds. The van der Waals surface area contributed by atoms with Crippen molar-refractivity contribution in [3.63, 3.8) is 0 Å².